The third-order valence-corrected chi connectivity index (χ3v) is 12.5. The minimum absolute atomic E-state index is 0.0166. The van der Waals surface area contributed by atoms with Crippen molar-refractivity contribution in [3.05, 3.63) is 34.5 Å². The van der Waals surface area contributed by atoms with Gasteiger partial charge in [-0.15, -0.1) is 11.3 Å². The fourth-order valence-corrected chi connectivity index (χ4v) is 9.77. The summed E-state index contributed by atoms with van der Waals surface area (Å²) in [5, 5.41) is 14.5. The van der Waals surface area contributed by atoms with Gasteiger partial charge in [-0.1, -0.05) is 0 Å². The molecule has 248 valence electrons. The van der Waals surface area contributed by atoms with E-state index >= 15 is 4.39 Å². The number of aromatic nitrogens is 3. The first-order valence-electron chi connectivity index (χ1n) is 16.8. The molecular weight excluding hydrogens is 638 g/mol. The van der Waals surface area contributed by atoms with Gasteiger partial charge >= 0.3 is 6.01 Å². The zero-order chi connectivity index (χ0) is 32.3. The highest BCUT2D eigenvalue weighted by molar-refractivity contribution is 7.23. The van der Waals surface area contributed by atoms with Crippen molar-refractivity contribution in [2.45, 2.75) is 69.5 Å². The van der Waals surface area contributed by atoms with E-state index in [2.05, 4.69) is 26.2 Å². The number of hydrogen-bond acceptors (Lipinski definition) is 12. The van der Waals surface area contributed by atoms with Crippen LogP contribution < -0.4 is 20.7 Å². The summed E-state index contributed by atoms with van der Waals surface area (Å²) in [6.07, 6.45) is 6.64. The van der Waals surface area contributed by atoms with Crippen LogP contribution in [0.25, 0.3) is 32.2 Å². The molecule has 5 fully saturated rings. The van der Waals surface area contributed by atoms with Crippen LogP contribution in [0, 0.1) is 28.4 Å². The molecule has 4 atom stereocenters. The van der Waals surface area contributed by atoms with E-state index in [0.29, 0.717) is 35.5 Å². The van der Waals surface area contributed by atoms with E-state index in [9.17, 15) is 9.65 Å². The summed E-state index contributed by atoms with van der Waals surface area (Å²) in [6, 6.07) is 3.13. The van der Waals surface area contributed by atoms with Gasteiger partial charge in [-0.2, -0.15) is 15.2 Å². The molecule has 48 heavy (non-hydrogen) atoms. The van der Waals surface area contributed by atoms with E-state index in [1.165, 1.54) is 0 Å². The van der Waals surface area contributed by atoms with E-state index in [1.807, 2.05) is 0 Å². The fraction of sp³-hybridized carbons (Fsp3) is 0.529. The number of nitrogens with one attached hydrogen (secondary N) is 1. The second-order valence-electron chi connectivity index (χ2n) is 14.3. The van der Waals surface area contributed by atoms with Gasteiger partial charge in [-0.05, 0) is 43.2 Å². The Balaban J connectivity index is 1.13. The van der Waals surface area contributed by atoms with E-state index in [0.717, 1.165) is 88.0 Å². The second kappa shape index (κ2) is 10.6. The van der Waals surface area contributed by atoms with Crippen LogP contribution >= 0.6 is 11.3 Å². The average molecular weight is 673 g/mol. The quantitative estimate of drug-likeness (QED) is 0.292. The molecule has 2 unspecified atom stereocenters. The molecule has 0 spiro atoms. The first kappa shape index (κ1) is 29.2. The number of hydrogen-bond donors (Lipinski definition) is 2. The number of nitriles is 1. The van der Waals surface area contributed by atoms with Crippen LogP contribution in [0.1, 0.15) is 48.8 Å². The molecule has 6 aliphatic rings. The van der Waals surface area contributed by atoms with Crippen molar-refractivity contribution in [1.82, 2.24) is 25.2 Å². The first-order valence-corrected chi connectivity index (χ1v) is 17.6. The van der Waals surface area contributed by atoms with E-state index in [4.69, 9.17) is 29.9 Å². The van der Waals surface area contributed by atoms with Crippen molar-refractivity contribution in [3.63, 3.8) is 0 Å². The Morgan fingerprint density at radius 1 is 1.12 bits per heavy atom. The van der Waals surface area contributed by atoms with Gasteiger partial charge in [0, 0.05) is 60.7 Å². The zero-order valence-electron chi connectivity index (χ0n) is 26.2. The Kier molecular flexibility index (Phi) is 6.47. The molecule has 10 rings (SSSR count). The lowest BCUT2D eigenvalue weighted by atomic mass is 9.93. The van der Waals surface area contributed by atoms with Crippen LogP contribution in [0.15, 0.2) is 6.20 Å². The van der Waals surface area contributed by atoms with Crippen molar-refractivity contribution < 1.29 is 23.0 Å². The maximum atomic E-state index is 17.4. The molecular formula is C34H34F2N8O3S. The van der Waals surface area contributed by atoms with Gasteiger partial charge in [0.2, 0.25) is 0 Å². The summed E-state index contributed by atoms with van der Waals surface area (Å²) in [4.78, 5) is 19.1. The van der Waals surface area contributed by atoms with E-state index in [1.54, 1.807) is 0 Å². The third-order valence-electron chi connectivity index (χ3n) is 11.4. The zero-order valence-corrected chi connectivity index (χ0v) is 27.0. The molecule has 0 radical (unpaired) electrons. The van der Waals surface area contributed by atoms with Crippen LogP contribution in [0.5, 0.6) is 6.01 Å². The molecule has 8 heterocycles. The molecule has 4 bridgehead atoms. The maximum absolute atomic E-state index is 17.4. The van der Waals surface area contributed by atoms with Crippen molar-refractivity contribution in [3.8, 4) is 23.3 Å². The highest BCUT2D eigenvalue weighted by atomic mass is 32.1. The number of nitrogen functional groups attached to an aromatic ring is 1. The summed E-state index contributed by atoms with van der Waals surface area (Å²) in [5.41, 5.74) is 8.06. The Hall–Kier alpha value is -3.74. The summed E-state index contributed by atoms with van der Waals surface area (Å²) in [5.74, 6) is -0.558. The molecule has 4 saturated heterocycles. The number of piperazine rings is 1. The van der Waals surface area contributed by atoms with Gasteiger partial charge in [0.15, 0.2) is 11.6 Å². The minimum atomic E-state index is -0.617. The number of morpholine rings is 1. The normalized spacial score (nSPS) is 26.9. The van der Waals surface area contributed by atoms with Crippen LogP contribution in [0.3, 0.4) is 0 Å². The predicted octanol–water partition coefficient (Wildman–Crippen LogP) is 4.24. The number of nitrogens with zero attached hydrogens (tertiary/aromatic N) is 6. The fourth-order valence-electron chi connectivity index (χ4n) is 8.85. The average Bonchev–Trinajstić information content (AvgIpc) is 3.58. The topological polar surface area (TPSA) is 135 Å². The van der Waals surface area contributed by atoms with Crippen LogP contribution in [-0.2, 0) is 22.7 Å². The lowest BCUT2D eigenvalue weighted by molar-refractivity contribution is 0.0176. The monoisotopic (exact) mass is 672 g/mol. The standard InChI is InChI=1S/C34H34F2N8O3S/c35-23-9-40-28(25-20(6-37)31(38)48-30(23)25)24-21-12-45-13-22(21)26-29(27(24)36)41-33(42-32(26)44-16-1-2-17(44)8-39-7-16)47-15-34(3-4-34)14-43-10-19-5-18(43)11-46-19/h9,16-19,39H,1-5,7-8,10-15,38H2/t16?,17?,18-,19-/m0/s1. The molecule has 14 heteroatoms. The van der Waals surface area contributed by atoms with Crippen molar-refractivity contribution in [2.75, 3.05) is 50.0 Å². The Morgan fingerprint density at radius 2 is 1.94 bits per heavy atom. The smallest absolute Gasteiger partial charge is 0.319 e. The number of ether oxygens (including phenoxy) is 3. The first-order chi connectivity index (χ1) is 23.4. The highest BCUT2D eigenvalue weighted by Gasteiger charge is 2.49. The van der Waals surface area contributed by atoms with Gasteiger partial charge in [0.05, 0.1) is 60.1 Å². The van der Waals surface area contributed by atoms with Crippen molar-refractivity contribution >= 4 is 43.1 Å². The number of benzene rings is 1. The van der Waals surface area contributed by atoms with E-state index in [-0.39, 0.29) is 74.1 Å². The van der Waals surface area contributed by atoms with Crippen LogP contribution in [0.4, 0.5) is 19.6 Å². The Labute approximate surface area is 279 Å². The predicted molar refractivity (Wildman–Crippen MR) is 175 cm³/mol. The Bertz CT molecular complexity index is 2050. The molecule has 1 aromatic carbocycles. The summed E-state index contributed by atoms with van der Waals surface area (Å²) >= 11 is 0.960. The molecule has 3 N–H and O–H groups in total. The Morgan fingerprint density at radius 3 is 2.67 bits per heavy atom. The summed E-state index contributed by atoms with van der Waals surface area (Å²) in [7, 11) is 0. The molecule has 0 amide bonds. The minimum Gasteiger partial charge on any atom is -0.463 e. The molecule has 11 nitrogen and oxygen atoms in total. The summed E-state index contributed by atoms with van der Waals surface area (Å²) < 4.78 is 50.8. The SMILES string of the molecule is N#Cc1c(N)sc2c(F)cnc(-c3c4c(c5c(N6C7CCC6CNC7)nc(OCC6(CN7C[C@@H]8C[C@H]7CO8)CC6)nc5c3F)COC4)c12. The molecule has 1 aliphatic carbocycles. The number of rotatable bonds is 7. The number of likely N-dealkylation sites (tertiary alicyclic amines) is 1. The van der Waals surface area contributed by atoms with Crippen LogP contribution in [0.2, 0.25) is 0 Å². The number of thiophene rings is 1. The van der Waals surface area contributed by atoms with Crippen molar-refractivity contribution in [1.29, 1.82) is 5.26 Å². The van der Waals surface area contributed by atoms with Gasteiger partial charge in [-0.25, -0.2) is 8.78 Å². The molecule has 4 aromatic rings. The van der Waals surface area contributed by atoms with Gasteiger partial charge in [0.1, 0.15) is 22.4 Å². The molecule has 1 saturated carbocycles. The molecule has 3 aromatic heterocycles. The van der Waals surface area contributed by atoms with E-state index < -0.39 is 11.6 Å². The third kappa shape index (κ3) is 4.31. The van der Waals surface area contributed by atoms with Crippen molar-refractivity contribution in [2.24, 2.45) is 5.41 Å². The maximum Gasteiger partial charge on any atom is 0.319 e. The number of anilines is 2. The lowest BCUT2D eigenvalue weighted by Gasteiger charge is -2.37. The number of halogens is 2. The summed E-state index contributed by atoms with van der Waals surface area (Å²) in [6.45, 7) is 5.16. The number of nitrogens with two attached hydrogens (primary N) is 1. The largest absolute Gasteiger partial charge is 0.463 e. The van der Waals surface area contributed by atoms with Gasteiger partial charge < -0.3 is 30.2 Å². The lowest BCUT2D eigenvalue weighted by Crippen LogP contribution is -2.52. The van der Waals surface area contributed by atoms with Crippen LogP contribution in [-0.4, -0.2) is 83.5 Å². The van der Waals surface area contributed by atoms with Gasteiger partial charge in [0.25, 0.3) is 0 Å². The van der Waals surface area contributed by atoms with Gasteiger partial charge in [-0.3, -0.25) is 9.88 Å². The number of pyridine rings is 1. The number of fused-ring (bicyclic) bond motifs is 8. The molecule has 5 aliphatic heterocycles. The highest BCUT2D eigenvalue weighted by Crippen LogP contribution is 2.50. The second-order valence-corrected chi connectivity index (χ2v) is 15.4.